The van der Waals surface area contributed by atoms with Gasteiger partial charge in [-0.2, -0.15) is 0 Å². The van der Waals surface area contributed by atoms with E-state index in [-0.39, 0.29) is 0 Å². The number of hydrogen-bond donors (Lipinski definition) is 0. The molecule has 0 spiro atoms. The highest BCUT2D eigenvalue weighted by Crippen LogP contribution is 2.33. The molecule has 1 aliphatic heterocycles. The lowest BCUT2D eigenvalue weighted by Gasteiger charge is -2.35. The monoisotopic (exact) mass is 472 g/mol. The molecule has 5 rings (SSSR count). The smallest absolute Gasteiger partial charge is 0.313 e. The standard InChI is InChI=1S/C18H16.C4H16O4Si4/c1-3-7-15-13(5-1)9-11-18-16-8-4-2-6-14(16)10-12-17(15)18;1-11(2)6-9-5-10-7-12(3,4)8-11/h1,3,5,7,9-12H,2,4,6,8H2;9-10H2,1-4H3. The molecular formula is C22H32O4Si4. The summed E-state index contributed by atoms with van der Waals surface area (Å²) in [6.45, 7) is 8.20. The molecule has 3 aromatic carbocycles. The van der Waals surface area contributed by atoms with Gasteiger partial charge >= 0.3 is 17.1 Å². The summed E-state index contributed by atoms with van der Waals surface area (Å²) in [7, 11) is -5.44. The van der Waals surface area contributed by atoms with Crippen LogP contribution in [-0.2, 0) is 29.3 Å². The molecular weight excluding hydrogens is 441 g/mol. The van der Waals surface area contributed by atoms with E-state index in [2.05, 4.69) is 48.5 Å². The Morgan fingerprint density at radius 1 is 0.700 bits per heavy atom. The van der Waals surface area contributed by atoms with E-state index in [4.69, 9.17) is 16.5 Å². The van der Waals surface area contributed by atoms with Crippen molar-refractivity contribution in [3.8, 4) is 0 Å². The predicted octanol–water partition coefficient (Wildman–Crippen LogP) is 4.34. The molecule has 0 saturated carbocycles. The molecule has 2 aliphatic rings. The molecule has 30 heavy (non-hydrogen) atoms. The highest BCUT2D eigenvalue weighted by molar-refractivity contribution is 6.82. The van der Waals surface area contributed by atoms with E-state index in [9.17, 15) is 0 Å². The van der Waals surface area contributed by atoms with Crippen molar-refractivity contribution in [1.82, 2.24) is 0 Å². The Hall–Kier alpha value is -1.11. The number of rotatable bonds is 0. The lowest BCUT2D eigenvalue weighted by atomic mass is 9.86. The van der Waals surface area contributed by atoms with Crippen molar-refractivity contribution in [2.75, 3.05) is 0 Å². The van der Waals surface area contributed by atoms with Crippen LogP contribution in [0.25, 0.3) is 21.5 Å². The molecule has 0 bridgehead atoms. The van der Waals surface area contributed by atoms with Gasteiger partial charge in [-0.25, -0.2) is 0 Å². The summed E-state index contributed by atoms with van der Waals surface area (Å²) in [5, 5.41) is 5.64. The Labute approximate surface area is 186 Å². The van der Waals surface area contributed by atoms with Crippen LogP contribution in [0, 0.1) is 0 Å². The fraction of sp³-hybridized carbons (Fsp3) is 0.364. The first-order chi connectivity index (χ1) is 14.3. The summed E-state index contributed by atoms with van der Waals surface area (Å²) in [4.78, 5) is 0. The van der Waals surface area contributed by atoms with E-state index in [1.807, 2.05) is 26.2 Å². The predicted molar refractivity (Wildman–Crippen MR) is 134 cm³/mol. The lowest BCUT2D eigenvalue weighted by Crippen LogP contribution is -2.52. The minimum absolute atomic E-state index is 0.806. The van der Waals surface area contributed by atoms with Gasteiger partial charge in [0.2, 0.25) is 0 Å². The van der Waals surface area contributed by atoms with E-state index >= 15 is 0 Å². The van der Waals surface area contributed by atoms with Crippen LogP contribution in [0.15, 0.2) is 48.5 Å². The van der Waals surface area contributed by atoms with Gasteiger partial charge in [-0.15, -0.1) is 0 Å². The van der Waals surface area contributed by atoms with Crippen LogP contribution in [0.1, 0.15) is 24.0 Å². The third kappa shape index (κ3) is 5.20. The van der Waals surface area contributed by atoms with Crippen LogP contribution in [-0.4, -0.2) is 37.1 Å². The van der Waals surface area contributed by atoms with Crippen molar-refractivity contribution in [3.63, 3.8) is 0 Å². The topological polar surface area (TPSA) is 36.9 Å². The van der Waals surface area contributed by atoms with Gasteiger partial charge in [0.05, 0.1) is 0 Å². The molecule has 0 N–H and O–H groups in total. The van der Waals surface area contributed by atoms with Gasteiger partial charge < -0.3 is 16.5 Å². The summed E-state index contributed by atoms with van der Waals surface area (Å²) in [6, 6.07) is 18.0. The molecule has 0 aromatic heterocycles. The Morgan fingerprint density at radius 3 is 2.13 bits per heavy atom. The number of benzene rings is 3. The fourth-order valence-electron chi connectivity index (χ4n) is 4.39. The molecule has 1 fully saturated rings. The molecule has 0 atom stereocenters. The molecule has 160 valence electrons. The van der Waals surface area contributed by atoms with Crippen molar-refractivity contribution in [2.24, 2.45) is 0 Å². The largest absolute Gasteiger partial charge is 0.425 e. The van der Waals surface area contributed by atoms with Crippen LogP contribution >= 0.6 is 0 Å². The zero-order chi connectivity index (χ0) is 21.2. The van der Waals surface area contributed by atoms with E-state index in [0.29, 0.717) is 0 Å². The molecule has 3 aromatic rings. The third-order valence-electron chi connectivity index (χ3n) is 5.73. The minimum Gasteiger partial charge on any atom is -0.425 e. The Kier molecular flexibility index (Phi) is 6.75. The second-order valence-corrected chi connectivity index (χ2v) is 19.8. The zero-order valence-electron chi connectivity index (χ0n) is 18.5. The first kappa shape index (κ1) is 22.1. The molecule has 0 amide bonds. The summed E-state index contributed by atoms with van der Waals surface area (Å²) >= 11 is 0. The fourth-order valence-corrected chi connectivity index (χ4v) is 15.4. The summed E-state index contributed by atoms with van der Waals surface area (Å²) in [6.07, 6.45) is 5.22. The molecule has 0 radical (unpaired) electrons. The van der Waals surface area contributed by atoms with Gasteiger partial charge in [0.15, 0.2) is 0 Å². The number of aryl methyl sites for hydroxylation is 2. The maximum absolute atomic E-state index is 5.89. The average molecular weight is 473 g/mol. The molecule has 1 heterocycles. The second-order valence-electron chi connectivity index (χ2n) is 8.92. The number of hydrogen-bond acceptors (Lipinski definition) is 4. The van der Waals surface area contributed by atoms with Gasteiger partial charge in [-0.1, -0.05) is 48.5 Å². The van der Waals surface area contributed by atoms with Crippen LogP contribution in [0.3, 0.4) is 0 Å². The number of fused-ring (bicyclic) bond motifs is 5. The average Bonchev–Trinajstić information content (AvgIpc) is 2.71. The Morgan fingerprint density at radius 2 is 1.37 bits per heavy atom. The van der Waals surface area contributed by atoms with Gasteiger partial charge in [0.1, 0.15) is 0 Å². The van der Waals surface area contributed by atoms with E-state index in [1.165, 1.54) is 47.2 Å². The van der Waals surface area contributed by atoms with E-state index in [0.717, 1.165) is 0 Å². The summed E-state index contributed by atoms with van der Waals surface area (Å²) < 4.78 is 22.5. The highest BCUT2D eigenvalue weighted by atomic mass is 28.5. The maximum atomic E-state index is 5.89. The maximum Gasteiger partial charge on any atom is 0.313 e. The quantitative estimate of drug-likeness (QED) is 0.360. The minimum atomic E-state index is -1.91. The summed E-state index contributed by atoms with van der Waals surface area (Å²) in [5.74, 6) is 0. The molecule has 0 unspecified atom stereocenters. The molecule has 4 nitrogen and oxygen atoms in total. The second kappa shape index (κ2) is 9.17. The highest BCUT2D eigenvalue weighted by Gasteiger charge is 2.37. The van der Waals surface area contributed by atoms with Crippen molar-refractivity contribution in [1.29, 1.82) is 0 Å². The zero-order valence-corrected chi connectivity index (χ0v) is 23.3. The van der Waals surface area contributed by atoms with Gasteiger partial charge in [0, 0.05) is 0 Å². The molecule has 8 heteroatoms. The first-order valence-corrected chi connectivity index (χ1v) is 18.8. The van der Waals surface area contributed by atoms with Crippen LogP contribution in [0.4, 0.5) is 0 Å². The lowest BCUT2D eigenvalue weighted by molar-refractivity contribution is 0.286. The van der Waals surface area contributed by atoms with Gasteiger partial charge in [-0.3, -0.25) is 0 Å². The molecule has 1 aliphatic carbocycles. The van der Waals surface area contributed by atoms with Crippen LogP contribution in [0.5, 0.6) is 0 Å². The summed E-state index contributed by atoms with van der Waals surface area (Å²) in [5.41, 5.74) is 3.17. The Balaban J connectivity index is 0.000000159. The van der Waals surface area contributed by atoms with Gasteiger partial charge in [-0.05, 0) is 84.5 Å². The van der Waals surface area contributed by atoms with Crippen molar-refractivity contribution >= 4 is 58.7 Å². The van der Waals surface area contributed by atoms with E-state index in [1.54, 1.807) is 11.1 Å². The Bertz CT molecular complexity index is 1020. The van der Waals surface area contributed by atoms with Crippen LogP contribution in [0.2, 0.25) is 26.2 Å². The normalized spacial score (nSPS) is 22.1. The third-order valence-corrected chi connectivity index (χ3v) is 17.5. The first-order valence-electron chi connectivity index (χ1n) is 10.8. The van der Waals surface area contributed by atoms with Crippen molar-refractivity contribution < 1.29 is 16.5 Å². The van der Waals surface area contributed by atoms with E-state index < -0.39 is 37.1 Å². The molecule has 1 saturated heterocycles. The van der Waals surface area contributed by atoms with Crippen molar-refractivity contribution in [3.05, 3.63) is 59.7 Å². The van der Waals surface area contributed by atoms with Gasteiger partial charge in [0.25, 0.3) is 20.0 Å². The SMILES string of the molecule is C[Si]1(C)O[SiH2]O[SiH2]O[Si](C)(C)O1.c1ccc2c(c1)ccc1c3c(ccc12)CCCC3. The van der Waals surface area contributed by atoms with Crippen LogP contribution < -0.4 is 0 Å². The van der Waals surface area contributed by atoms with Crippen molar-refractivity contribution in [2.45, 2.75) is 51.9 Å².